The Morgan fingerprint density at radius 3 is 2.08 bits per heavy atom. The van der Waals surface area contributed by atoms with Crippen LogP contribution in [0.3, 0.4) is 0 Å². The molecule has 0 saturated carbocycles. The summed E-state index contributed by atoms with van der Waals surface area (Å²) in [5.41, 5.74) is 2.68. The smallest absolute Gasteiger partial charge is 0.322 e. The summed E-state index contributed by atoms with van der Waals surface area (Å²) >= 11 is 0. The Balaban J connectivity index is 1.96. The van der Waals surface area contributed by atoms with Gasteiger partial charge in [-0.05, 0) is 68.2 Å². The lowest BCUT2D eigenvalue weighted by Crippen LogP contribution is -2.55. The lowest BCUT2D eigenvalue weighted by atomic mass is 9.96. The molecular formula is C32H42O5Si. The first-order chi connectivity index (χ1) is 17.7. The molecule has 0 bridgehead atoms. The van der Waals surface area contributed by atoms with Crippen molar-refractivity contribution in [2.75, 3.05) is 14.2 Å². The van der Waals surface area contributed by atoms with E-state index in [0.29, 0.717) is 12.2 Å². The van der Waals surface area contributed by atoms with E-state index in [9.17, 15) is 0 Å². The maximum atomic E-state index is 7.00. The Bertz CT molecular complexity index is 1330. The van der Waals surface area contributed by atoms with E-state index in [2.05, 4.69) is 64.2 Å². The van der Waals surface area contributed by atoms with Gasteiger partial charge in [0.05, 0.1) is 31.6 Å². The molecule has 38 heavy (non-hydrogen) atoms. The second-order valence-corrected chi connectivity index (χ2v) is 17.2. The Kier molecular flexibility index (Phi) is 7.47. The van der Waals surface area contributed by atoms with Gasteiger partial charge in [0.25, 0.3) is 0 Å². The van der Waals surface area contributed by atoms with Crippen LogP contribution in [-0.4, -0.2) is 34.1 Å². The predicted molar refractivity (Wildman–Crippen MR) is 159 cm³/mol. The zero-order valence-electron chi connectivity index (χ0n) is 24.5. The van der Waals surface area contributed by atoms with Crippen LogP contribution in [0.5, 0.6) is 17.2 Å². The standard InChI is InChI=1S/C32H42O5Si/c1-30(2,3)36-32(37-38(9,10)31(4,5)6)21-25-23(17-16-22-14-12-11-13-15-22)20-24-26(33-7)18-19-27(34-8)28(24)29(25)35-32/h11-20H,21H2,1-10H3/b17-16+. The molecule has 0 fully saturated rings. The van der Waals surface area contributed by atoms with E-state index in [-0.39, 0.29) is 5.04 Å². The molecule has 1 aliphatic heterocycles. The fraction of sp³-hybridized carbons (Fsp3) is 0.438. The minimum Gasteiger partial charge on any atom is -0.496 e. The number of rotatable bonds is 7. The molecule has 0 aliphatic carbocycles. The van der Waals surface area contributed by atoms with Crippen LogP contribution in [-0.2, 0) is 15.6 Å². The maximum absolute atomic E-state index is 7.00. The van der Waals surface area contributed by atoms with Gasteiger partial charge in [0.15, 0.2) is 0 Å². The van der Waals surface area contributed by atoms with Gasteiger partial charge >= 0.3 is 5.97 Å². The number of fused-ring (bicyclic) bond motifs is 3. The summed E-state index contributed by atoms with van der Waals surface area (Å²) in [7, 11) is 1.06. The van der Waals surface area contributed by atoms with Gasteiger partial charge in [-0.1, -0.05) is 63.3 Å². The van der Waals surface area contributed by atoms with E-state index >= 15 is 0 Å². The summed E-state index contributed by atoms with van der Waals surface area (Å²) in [5.74, 6) is 0.922. The highest BCUT2D eigenvalue weighted by atomic mass is 28.4. The normalized spacial score (nSPS) is 18.1. The molecular weight excluding hydrogens is 492 g/mol. The SMILES string of the molecule is COc1ccc(OC)c2c3c(c(/C=C/c4ccccc4)cc12)CC(OC(C)(C)C)(O[Si](C)(C)C(C)(C)C)O3. The molecule has 0 N–H and O–H groups in total. The van der Waals surface area contributed by atoms with Crippen molar-refractivity contribution in [1.82, 2.24) is 0 Å². The number of hydrogen-bond donors (Lipinski definition) is 0. The molecule has 5 nitrogen and oxygen atoms in total. The van der Waals surface area contributed by atoms with Gasteiger partial charge in [-0.3, -0.25) is 0 Å². The van der Waals surface area contributed by atoms with E-state index in [1.165, 1.54) is 0 Å². The third-order valence-electron chi connectivity index (χ3n) is 7.34. The summed E-state index contributed by atoms with van der Waals surface area (Å²) in [6.45, 7) is 17.2. The average Bonchev–Trinajstić information content (AvgIpc) is 3.18. The molecule has 4 rings (SSSR count). The van der Waals surface area contributed by atoms with Crippen LogP contribution in [0.4, 0.5) is 0 Å². The van der Waals surface area contributed by atoms with Crippen molar-refractivity contribution < 1.29 is 23.4 Å². The summed E-state index contributed by atoms with van der Waals surface area (Å²) in [5, 5.41) is 1.74. The van der Waals surface area contributed by atoms with Crippen LogP contribution < -0.4 is 14.2 Å². The fourth-order valence-corrected chi connectivity index (χ4v) is 5.81. The van der Waals surface area contributed by atoms with Crippen LogP contribution in [0.25, 0.3) is 22.9 Å². The van der Waals surface area contributed by atoms with Gasteiger partial charge in [-0.2, -0.15) is 0 Å². The van der Waals surface area contributed by atoms with Crippen molar-refractivity contribution in [3.8, 4) is 17.2 Å². The quantitative estimate of drug-likeness (QED) is 0.173. The largest absolute Gasteiger partial charge is 0.496 e. The Morgan fingerprint density at radius 2 is 1.50 bits per heavy atom. The van der Waals surface area contributed by atoms with Crippen molar-refractivity contribution in [2.24, 2.45) is 0 Å². The molecule has 1 unspecified atom stereocenters. The van der Waals surface area contributed by atoms with Gasteiger partial charge < -0.3 is 23.4 Å². The Morgan fingerprint density at radius 1 is 0.868 bits per heavy atom. The Hall–Kier alpha value is -2.80. The molecule has 0 spiro atoms. The monoisotopic (exact) mass is 534 g/mol. The van der Waals surface area contributed by atoms with Crippen LogP contribution in [0.1, 0.15) is 58.2 Å². The van der Waals surface area contributed by atoms with Crippen molar-refractivity contribution in [3.63, 3.8) is 0 Å². The fourth-order valence-electron chi connectivity index (χ4n) is 4.58. The van der Waals surface area contributed by atoms with E-state index in [4.69, 9.17) is 23.4 Å². The first-order valence-corrected chi connectivity index (χ1v) is 16.1. The molecule has 0 amide bonds. The second-order valence-electron chi connectivity index (χ2n) is 12.4. The topological polar surface area (TPSA) is 46.2 Å². The predicted octanol–water partition coefficient (Wildman–Crippen LogP) is 8.45. The molecule has 204 valence electrons. The highest BCUT2D eigenvalue weighted by Crippen LogP contribution is 2.52. The van der Waals surface area contributed by atoms with Crippen LogP contribution in [0.15, 0.2) is 48.5 Å². The average molecular weight is 535 g/mol. The molecule has 6 heteroatoms. The number of methoxy groups -OCH3 is 2. The third kappa shape index (κ3) is 5.63. The maximum Gasteiger partial charge on any atom is 0.322 e. The van der Waals surface area contributed by atoms with Crippen molar-refractivity contribution >= 4 is 31.2 Å². The van der Waals surface area contributed by atoms with Crippen LogP contribution in [0.2, 0.25) is 18.1 Å². The molecule has 3 aromatic carbocycles. The van der Waals surface area contributed by atoms with Crippen LogP contribution >= 0.6 is 0 Å². The van der Waals surface area contributed by atoms with Crippen molar-refractivity contribution in [2.45, 2.75) is 77.7 Å². The van der Waals surface area contributed by atoms with Crippen molar-refractivity contribution in [1.29, 1.82) is 0 Å². The van der Waals surface area contributed by atoms with Gasteiger partial charge in [0, 0.05) is 10.9 Å². The summed E-state index contributed by atoms with van der Waals surface area (Å²) in [4.78, 5) is 0. The molecule has 0 radical (unpaired) electrons. The molecule has 3 aromatic rings. The molecule has 0 saturated heterocycles. The van der Waals surface area contributed by atoms with E-state index < -0.39 is 19.9 Å². The Labute approximate surface area is 228 Å². The van der Waals surface area contributed by atoms with Gasteiger partial charge in [0.2, 0.25) is 8.32 Å². The van der Waals surface area contributed by atoms with E-state index in [1.54, 1.807) is 14.2 Å². The lowest BCUT2D eigenvalue weighted by molar-refractivity contribution is -0.332. The molecule has 1 heterocycles. The zero-order valence-corrected chi connectivity index (χ0v) is 25.5. The third-order valence-corrected chi connectivity index (χ3v) is 11.8. The highest BCUT2D eigenvalue weighted by molar-refractivity contribution is 6.74. The molecule has 0 aromatic heterocycles. The van der Waals surface area contributed by atoms with E-state index in [1.807, 2.05) is 51.1 Å². The minimum atomic E-state index is -2.30. The van der Waals surface area contributed by atoms with E-state index in [0.717, 1.165) is 39.0 Å². The minimum absolute atomic E-state index is 0.0294. The zero-order chi connectivity index (χ0) is 27.9. The van der Waals surface area contributed by atoms with Gasteiger partial charge in [-0.25, -0.2) is 0 Å². The first-order valence-electron chi connectivity index (χ1n) is 13.2. The number of benzene rings is 3. The highest BCUT2D eigenvalue weighted by Gasteiger charge is 2.53. The second kappa shape index (κ2) is 10.1. The molecule has 1 aliphatic rings. The lowest BCUT2D eigenvalue weighted by Gasteiger charge is -2.44. The number of hydrogen-bond acceptors (Lipinski definition) is 5. The van der Waals surface area contributed by atoms with Crippen LogP contribution in [0, 0.1) is 0 Å². The summed E-state index contributed by atoms with van der Waals surface area (Å²) in [6.07, 6.45) is 4.71. The summed E-state index contributed by atoms with van der Waals surface area (Å²) < 4.78 is 32.2. The molecule has 1 atom stereocenters. The first kappa shape index (κ1) is 28.2. The van der Waals surface area contributed by atoms with Crippen molar-refractivity contribution in [3.05, 3.63) is 65.2 Å². The summed E-state index contributed by atoms with van der Waals surface area (Å²) in [6, 6.07) is 16.3. The van der Waals surface area contributed by atoms with Gasteiger partial charge in [-0.15, -0.1) is 0 Å². The number of ether oxygens (including phenoxy) is 4. The van der Waals surface area contributed by atoms with Gasteiger partial charge in [0.1, 0.15) is 17.2 Å².